The Labute approximate surface area is 178 Å². The molecule has 0 N–H and O–H groups in total. The van der Waals surface area contributed by atoms with Crippen LogP contribution in [0.2, 0.25) is 0 Å². The van der Waals surface area contributed by atoms with Gasteiger partial charge >= 0.3 is 0 Å². The van der Waals surface area contributed by atoms with E-state index in [-0.39, 0.29) is 0 Å². The Bertz CT molecular complexity index is 967. The molecule has 0 unspecified atom stereocenters. The zero-order valence-corrected chi connectivity index (χ0v) is 18.4. The highest BCUT2D eigenvalue weighted by molar-refractivity contribution is 7.89. The van der Waals surface area contributed by atoms with Crippen LogP contribution in [0.15, 0.2) is 35.2 Å². The van der Waals surface area contributed by atoms with E-state index in [1.165, 1.54) is 19.3 Å². The molecule has 2 aliphatic rings. The third-order valence-corrected chi connectivity index (χ3v) is 7.64. The molecule has 0 amide bonds. The number of methoxy groups -OCH3 is 1. The van der Waals surface area contributed by atoms with E-state index >= 15 is 0 Å². The first-order valence-corrected chi connectivity index (χ1v) is 11.9. The van der Waals surface area contributed by atoms with Crippen molar-refractivity contribution in [3.63, 3.8) is 0 Å². The molecule has 8 nitrogen and oxygen atoms in total. The Hall–Kier alpha value is -2.39. The minimum atomic E-state index is -3.52. The van der Waals surface area contributed by atoms with Gasteiger partial charge in [0.2, 0.25) is 16.0 Å². The van der Waals surface area contributed by atoms with Gasteiger partial charge in [0.25, 0.3) is 0 Å². The molecule has 0 saturated carbocycles. The highest BCUT2D eigenvalue weighted by atomic mass is 32.2. The number of aromatic nitrogens is 2. The summed E-state index contributed by atoms with van der Waals surface area (Å²) in [6.45, 7) is 6.04. The number of rotatable bonds is 5. The lowest BCUT2D eigenvalue weighted by atomic mass is 10.1. The monoisotopic (exact) mass is 431 g/mol. The summed E-state index contributed by atoms with van der Waals surface area (Å²) in [4.78, 5) is 14.1. The average molecular weight is 432 g/mol. The molecule has 0 atom stereocenters. The molecule has 0 bridgehead atoms. The van der Waals surface area contributed by atoms with Crippen LogP contribution >= 0.6 is 0 Å². The first kappa shape index (κ1) is 20.9. The van der Waals surface area contributed by atoms with Crippen LogP contribution < -0.4 is 14.5 Å². The Kier molecular flexibility index (Phi) is 6.10. The van der Waals surface area contributed by atoms with E-state index < -0.39 is 10.0 Å². The van der Waals surface area contributed by atoms with Crippen molar-refractivity contribution in [2.24, 2.45) is 0 Å². The molecule has 9 heteroatoms. The van der Waals surface area contributed by atoms with Gasteiger partial charge in [-0.2, -0.15) is 9.29 Å². The molecule has 0 radical (unpaired) electrons. The summed E-state index contributed by atoms with van der Waals surface area (Å²) in [6, 6.07) is 8.53. The van der Waals surface area contributed by atoms with Crippen LogP contribution in [-0.2, 0) is 10.0 Å². The molecular weight excluding hydrogens is 402 g/mol. The van der Waals surface area contributed by atoms with Crippen LogP contribution in [0.4, 0.5) is 11.8 Å². The molecule has 1 aromatic heterocycles. The number of anilines is 2. The highest BCUT2D eigenvalue weighted by Gasteiger charge is 2.29. The van der Waals surface area contributed by atoms with Gasteiger partial charge in [0.05, 0.1) is 12.0 Å². The SMILES string of the molecule is COc1ccc(S(=O)(=O)N2CCN(c3cc(C)nc(N4CCCCC4)n3)CC2)cc1. The molecule has 2 saturated heterocycles. The number of piperidine rings is 1. The summed E-state index contributed by atoms with van der Waals surface area (Å²) in [5.41, 5.74) is 0.939. The standard InChI is InChI=1S/C21H29N5O3S/c1-17-16-20(23-21(22-17)25-10-4-3-5-11-25)24-12-14-26(15-13-24)30(27,28)19-8-6-18(29-2)7-9-19/h6-9,16H,3-5,10-15H2,1-2H3. The Balaban J connectivity index is 1.45. The maximum atomic E-state index is 13.0. The maximum Gasteiger partial charge on any atom is 0.243 e. The number of piperazine rings is 1. The van der Waals surface area contributed by atoms with Crippen molar-refractivity contribution in [3.05, 3.63) is 36.0 Å². The van der Waals surface area contributed by atoms with Crippen molar-refractivity contribution in [2.45, 2.75) is 31.1 Å². The van der Waals surface area contributed by atoms with E-state index in [1.54, 1.807) is 35.7 Å². The second-order valence-electron chi connectivity index (χ2n) is 7.78. The minimum absolute atomic E-state index is 0.294. The number of hydrogen-bond acceptors (Lipinski definition) is 7. The first-order valence-electron chi connectivity index (χ1n) is 10.5. The zero-order valence-electron chi connectivity index (χ0n) is 17.6. The van der Waals surface area contributed by atoms with Crippen molar-refractivity contribution in [1.29, 1.82) is 0 Å². The lowest BCUT2D eigenvalue weighted by Gasteiger charge is -2.35. The molecule has 30 heavy (non-hydrogen) atoms. The number of hydrogen-bond donors (Lipinski definition) is 0. The van der Waals surface area contributed by atoms with Gasteiger partial charge in [-0.1, -0.05) is 0 Å². The molecule has 0 spiro atoms. The summed E-state index contributed by atoms with van der Waals surface area (Å²) >= 11 is 0. The lowest BCUT2D eigenvalue weighted by Crippen LogP contribution is -2.49. The third kappa shape index (κ3) is 4.37. The van der Waals surface area contributed by atoms with E-state index in [0.717, 1.165) is 30.5 Å². The zero-order chi connectivity index (χ0) is 21.1. The Morgan fingerprint density at radius 3 is 2.17 bits per heavy atom. The summed E-state index contributed by atoms with van der Waals surface area (Å²) in [7, 11) is -1.95. The van der Waals surface area contributed by atoms with Crippen LogP contribution in [0.25, 0.3) is 0 Å². The molecular formula is C21H29N5O3S. The fourth-order valence-corrected chi connectivity index (χ4v) is 5.41. The third-order valence-electron chi connectivity index (χ3n) is 5.73. The van der Waals surface area contributed by atoms with Crippen molar-refractivity contribution < 1.29 is 13.2 Å². The number of benzene rings is 1. The van der Waals surface area contributed by atoms with Gasteiger partial charge < -0.3 is 14.5 Å². The molecule has 1 aromatic carbocycles. The van der Waals surface area contributed by atoms with Crippen molar-refractivity contribution in [2.75, 3.05) is 56.2 Å². The lowest BCUT2D eigenvalue weighted by molar-refractivity contribution is 0.383. The summed E-state index contributed by atoms with van der Waals surface area (Å²) < 4.78 is 32.6. The van der Waals surface area contributed by atoms with Gasteiger partial charge in [-0.05, 0) is 50.5 Å². The summed E-state index contributed by atoms with van der Waals surface area (Å²) in [5, 5.41) is 0. The van der Waals surface area contributed by atoms with Crippen LogP contribution in [0.3, 0.4) is 0 Å². The van der Waals surface area contributed by atoms with Gasteiger partial charge in [-0.15, -0.1) is 0 Å². The molecule has 2 aliphatic heterocycles. The maximum absolute atomic E-state index is 13.0. The summed E-state index contributed by atoms with van der Waals surface area (Å²) in [6.07, 6.45) is 3.61. The van der Waals surface area contributed by atoms with Crippen molar-refractivity contribution >= 4 is 21.8 Å². The number of ether oxygens (including phenoxy) is 1. The van der Waals surface area contributed by atoms with E-state index in [1.807, 2.05) is 13.0 Å². The fraction of sp³-hybridized carbons (Fsp3) is 0.524. The van der Waals surface area contributed by atoms with E-state index in [2.05, 4.69) is 14.8 Å². The van der Waals surface area contributed by atoms with Gasteiger partial charge in [-0.3, -0.25) is 0 Å². The smallest absolute Gasteiger partial charge is 0.243 e. The molecule has 4 rings (SSSR count). The highest BCUT2D eigenvalue weighted by Crippen LogP contribution is 2.24. The number of nitrogens with zero attached hydrogens (tertiary/aromatic N) is 5. The van der Waals surface area contributed by atoms with Gasteiger partial charge in [0, 0.05) is 51.0 Å². The molecule has 3 heterocycles. The minimum Gasteiger partial charge on any atom is -0.497 e. The predicted octanol–water partition coefficient (Wildman–Crippen LogP) is 2.29. The number of aryl methyl sites for hydroxylation is 1. The molecule has 0 aliphatic carbocycles. The first-order chi connectivity index (χ1) is 14.5. The van der Waals surface area contributed by atoms with Crippen LogP contribution in [-0.4, -0.2) is 69.1 Å². The second-order valence-corrected chi connectivity index (χ2v) is 9.72. The van der Waals surface area contributed by atoms with Crippen molar-refractivity contribution in [3.8, 4) is 5.75 Å². The Morgan fingerprint density at radius 2 is 1.53 bits per heavy atom. The molecule has 2 aromatic rings. The second kappa shape index (κ2) is 8.77. The van der Waals surface area contributed by atoms with Gasteiger partial charge in [0.15, 0.2) is 0 Å². The number of sulfonamides is 1. The van der Waals surface area contributed by atoms with Gasteiger partial charge in [-0.25, -0.2) is 13.4 Å². The van der Waals surface area contributed by atoms with Crippen LogP contribution in [0, 0.1) is 6.92 Å². The van der Waals surface area contributed by atoms with E-state index in [4.69, 9.17) is 9.72 Å². The predicted molar refractivity (Wildman–Crippen MR) is 117 cm³/mol. The normalized spacial score (nSPS) is 18.5. The quantitative estimate of drug-likeness (QED) is 0.719. The molecule has 2 fully saturated rings. The van der Waals surface area contributed by atoms with Crippen molar-refractivity contribution in [1.82, 2.24) is 14.3 Å². The summed E-state index contributed by atoms with van der Waals surface area (Å²) in [5.74, 6) is 2.31. The Morgan fingerprint density at radius 1 is 0.867 bits per heavy atom. The largest absolute Gasteiger partial charge is 0.497 e. The topological polar surface area (TPSA) is 78.9 Å². The fourth-order valence-electron chi connectivity index (χ4n) is 3.99. The van der Waals surface area contributed by atoms with Crippen LogP contribution in [0.1, 0.15) is 25.0 Å². The molecule has 162 valence electrons. The van der Waals surface area contributed by atoms with E-state index in [0.29, 0.717) is 36.8 Å². The van der Waals surface area contributed by atoms with Crippen LogP contribution in [0.5, 0.6) is 5.75 Å². The van der Waals surface area contributed by atoms with Gasteiger partial charge in [0.1, 0.15) is 11.6 Å². The average Bonchev–Trinajstić information content (AvgIpc) is 2.79. The van der Waals surface area contributed by atoms with E-state index in [9.17, 15) is 8.42 Å².